The van der Waals surface area contributed by atoms with Crippen LogP contribution < -0.4 is 15.4 Å². The molecule has 1 aliphatic heterocycles. The van der Waals surface area contributed by atoms with Gasteiger partial charge in [-0.2, -0.15) is 0 Å². The summed E-state index contributed by atoms with van der Waals surface area (Å²) < 4.78 is 15.6. The second kappa shape index (κ2) is 8.35. The lowest BCUT2D eigenvalue weighted by Crippen LogP contribution is -2.45. The van der Waals surface area contributed by atoms with Crippen molar-refractivity contribution >= 4 is 12.0 Å². The lowest BCUT2D eigenvalue weighted by atomic mass is 9.95. The average Bonchev–Trinajstić information content (AvgIpc) is 2.55. The first kappa shape index (κ1) is 17.8. The lowest BCUT2D eigenvalue weighted by Gasteiger charge is -2.28. The minimum Gasteiger partial charge on any atom is -0.494 e. The number of esters is 1. The number of carbonyl (C=O) groups is 2. The number of hydrogen-bond acceptors (Lipinski definition) is 5. The third kappa shape index (κ3) is 4.26. The second-order valence-electron chi connectivity index (χ2n) is 5.20. The van der Waals surface area contributed by atoms with Gasteiger partial charge in [-0.05, 0) is 31.5 Å². The van der Waals surface area contributed by atoms with E-state index < -0.39 is 12.0 Å². The van der Waals surface area contributed by atoms with Gasteiger partial charge in [-0.3, -0.25) is 0 Å². The predicted molar refractivity (Wildman–Crippen MR) is 87.6 cm³/mol. The monoisotopic (exact) mass is 334 g/mol. The molecule has 1 heterocycles. The molecule has 0 spiro atoms. The molecule has 0 fully saturated rings. The summed E-state index contributed by atoms with van der Waals surface area (Å²) in [6, 6.07) is 6.30. The van der Waals surface area contributed by atoms with Gasteiger partial charge in [0.1, 0.15) is 12.4 Å². The maximum Gasteiger partial charge on any atom is 0.338 e. The van der Waals surface area contributed by atoms with Crippen LogP contribution in [0.2, 0.25) is 0 Å². The first-order valence-corrected chi connectivity index (χ1v) is 7.74. The molecular formula is C17H22N2O5. The van der Waals surface area contributed by atoms with Gasteiger partial charge in [0.25, 0.3) is 0 Å². The second-order valence-corrected chi connectivity index (χ2v) is 5.20. The Kier molecular flexibility index (Phi) is 6.20. The van der Waals surface area contributed by atoms with Crippen molar-refractivity contribution in [1.82, 2.24) is 10.6 Å². The number of nitrogens with one attached hydrogen (secondary N) is 2. The SMILES string of the molecule is CCOc1cccc([C@H]2NC(=O)NC(C)=C2C(=O)OCCOC)c1. The quantitative estimate of drug-likeness (QED) is 0.587. The topological polar surface area (TPSA) is 85.9 Å². The van der Waals surface area contributed by atoms with Gasteiger partial charge in [-0.15, -0.1) is 0 Å². The molecule has 0 aliphatic carbocycles. The highest BCUT2D eigenvalue weighted by atomic mass is 16.6. The summed E-state index contributed by atoms with van der Waals surface area (Å²) in [5.74, 6) is 0.177. The minimum atomic E-state index is -0.603. The Hall–Kier alpha value is -2.54. The van der Waals surface area contributed by atoms with Gasteiger partial charge >= 0.3 is 12.0 Å². The van der Waals surface area contributed by atoms with Gasteiger partial charge < -0.3 is 24.8 Å². The zero-order valence-electron chi connectivity index (χ0n) is 14.0. The molecule has 7 nitrogen and oxygen atoms in total. The Morgan fingerprint density at radius 3 is 2.79 bits per heavy atom. The standard InChI is InChI=1S/C17H22N2O5/c1-4-23-13-7-5-6-12(10-13)15-14(11(2)18-17(21)19-15)16(20)24-9-8-22-3/h5-7,10,15H,4,8-9H2,1-3H3,(H2,18,19,21)/t15-/m1/s1. The van der Waals surface area contributed by atoms with Crippen molar-refractivity contribution in [3.8, 4) is 5.75 Å². The first-order chi connectivity index (χ1) is 11.6. The van der Waals surface area contributed by atoms with Gasteiger partial charge in [0.2, 0.25) is 0 Å². The van der Waals surface area contributed by atoms with Crippen LogP contribution in [-0.4, -0.2) is 38.9 Å². The van der Waals surface area contributed by atoms with E-state index in [4.69, 9.17) is 14.2 Å². The zero-order valence-corrected chi connectivity index (χ0v) is 14.0. The molecule has 2 N–H and O–H groups in total. The van der Waals surface area contributed by atoms with Gasteiger partial charge in [-0.1, -0.05) is 12.1 Å². The summed E-state index contributed by atoms with van der Waals surface area (Å²) in [7, 11) is 1.53. The van der Waals surface area contributed by atoms with Crippen LogP contribution >= 0.6 is 0 Å². The molecule has 24 heavy (non-hydrogen) atoms. The van der Waals surface area contributed by atoms with Gasteiger partial charge in [0.15, 0.2) is 0 Å². The van der Waals surface area contributed by atoms with E-state index in [0.717, 1.165) is 5.56 Å². The highest BCUT2D eigenvalue weighted by molar-refractivity contribution is 5.95. The van der Waals surface area contributed by atoms with Crippen LogP contribution in [0, 0.1) is 0 Å². The molecule has 1 aromatic carbocycles. The molecule has 2 rings (SSSR count). The van der Waals surface area contributed by atoms with Gasteiger partial charge in [0.05, 0.1) is 24.8 Å². The maximum absolute atomic E-state index is 12.4. The first-order valence-electron chi connectivity index (χ1n) is 7.74. The number of benzene rings is 1. The van der Waals surface area contributed by atoms with E-state index in [0.29, 0.717) is 30.2 Å². The Morgan fingerprint density at radius 2 is 2.08 bits per heavy atom. The Morgan fingerprint density at radius 1 is 1.29 bits per heavy atom. The zero-order chi connectivity index (χ0) is 17.5. The number of amides is 2. The number of allylic oxidation sites excluding steroid dienone is 1. The van der Waals surface area contributed by atoms with Crippen molar-refractivity contribution in [2.45, 2.75) is 19.9 Å². The molecule has 0 unspecified atom stereocenters. The third-order valence-corrected chi connectivity index (χ3v) is 3.51. The van der Waals surface area contributed by atoms with Crippen LogP contribution in [-0.2, 0) is 14.3 Å². The summed E-state index contributed by atoms with van der Waals surface area (Å²) in [5.41, 5.74) is 1.57. The van der Waals surface area contributed by atoms with E-state index >= 15 is 0 Å². The average molecular weight is 334 g/mol. The van der Waals surface area contributed by atoms with Crippen molar-refractivity contribution in [1.29, 1.82) is 0 Å². The molecule has 2 amide bonds. The molecule has 0 bridgehead atoms. The van der Waals surface area contributed by atoms with Crippen molar-refractivity contribution in [2.75, 3.05) is 26.9 Å². The number of hydrogen-bond donors (Lipinski definition) is 2. The normalized spacial score (nSPS) is 17.1. The predicted octanol–water partition coefficient (Wildman–Crippen LogP) is 1.90. The minimum absolute atomic E-state index is 0.145. The van der Waals surface area contributed by atoms with Crippen molar-refractivity contribution in [3.05, 3.63) is 41.1 Å². The molecule has 0 saturated carbocycles. The van der Waals surface area contributed by atoms with Crippen LogP contribution in [0.25, 0.3) is 0 Å². The van der Waals surface area contributed by atoms with E-state index in [1.807, 2.05) is 25.1 Å². The molecule has 1 aliphatic rings. The van der Waals surface area contributed by atoms with Crippen LogP contribution in [0.1, 0.15) is 25.5 Å². The molecule has 0 radical (unpaired) electrons. The highest BCUT2D eigenvalue weighted by Gasteiger charge is 2.32. The Labute approximate surface area is 141 Å². The largest absolute Gasteiger partial charge is 0.494 e. The highest BCUT2D eigenvalue weighted by Crippen LogP contribution is 2.29. The van der Waals surface area contributed by atoms with E-state index in [1.165, 1.54) is 7.11 Å². The fourth-order valence-corrected chi connectivity index (χ4v) is 2.46. The maximum atomic E-state index is 12.4. The number of carbonyl (C=O) groups excluding carboxylic acids is 2. The van der Waals surface area contributed by atoms with Crippen molar-refractivity contribution in [2.24, 2.45) is 0 Å². The molecule has 130 valence electrons. The fraction of sp³-hybridized carbons (Fsp3) is 0.412. The van der Waals surface area contributed by atoms with E-state index in [2.05, 4.69) is 10.6 Å². The fourth-order valence-electron chi connectivity index (χ4n) is 2.46. The van der Waals surface area contributed by atoms with Crippen molar-refractivity contribution < 1.29 is 23.8 Å². The van der Waals surface area contributed by atoms with Gasteiger partial charge in [0, 0.05) is 12.8 Å². The third-order valence-electron chi connectivity index (χ3n) is 3.51. The molecule has 0 aromatic heterocycles. The number of ether oxygens (including phenoxy) is 3. The van der Waals surface area contributed by atoms with E-state index in [9.17, 15) is 9.59 Å². The Bertz CT molecular complexity index is 642. The van der Waals surface area contributed by atoms with Crippen LogP contribution in [0.3, 0.4) is 0 Å². The number of rotatable bonds is 7. The summed E-state index contributed by atoms with van der Waals surface area (Å²) in [6.07, 6.45) is 0. The van der Waals surface area contributed by atoms with Crippen LogP contribution in [0.5, 0.6) is 5.75 Å². The summed E-state index contributed by atoms with van der Waals surface area (Å²) >= 11 is 0. The van der Waals surface area contributed by atoms with Crippen LogP contribution in [0.15, 0.2) is 35.5 Å². The molecule has 1 atom stereocenters. The Balaban J connectivity index is 2.30. The van der Waals surface area contributed by atoms with Gasteiger partial charge in [-0.25, -0.2) is 9.59 Å². The summed E-state index contributed by atoms with van der Waals surface area (Å²) in [6.45, 7) is 4.55. The molecule has 0 saturated heterocycles. The van der Waals surface area contributed by atoms with E-state index in [1.54, 1.807) is 13.0 Å². The smallest absolute Gasteiger partial charge is 0.338 e. The van der Waals surface area contributed by atoms with Crippen LogP contribution in [0.4, 0.5) is 4.79 Å². The lowest BCUT2D eigenvalue weighted by molar-refractivity contribution is -0.140. The number of methoxy groups -OCH3 is 1. The molecule has 1 aromatic rings. The number of urea groups is 1. The summed E-state index contributed by atoms with van der Waals surface area (Å²) in [5, 5.41) is 5.36. The summed E-state index contributed by atoms with van der Waals surface area (Å²) in [4.78, 5) is 24.3. The molecule has 7 heteroatoms. The molecular weight excluding hydrogens is 312 g/mol. The van der Waals surface area contributed by atoms with E-state index in [-0.39, 0.29) is 12.6 Å². The van der Waals surface area contributed by atoms with Crippen molar-refractivity contribution in [3.63, 3.8) is 0 Å².